The monoisotopic (exact) mass is 407 g/mol. The minimum Gasteiger partial charge on any atom is -0.484 e. The summed E-state index contributed by atoms with van der Waals surface area (Å²) in [5.41, 5.74) is 3.55. The first-order valence-electron chi connectivity index (χ1n) is 9.44. The van der Waals surface area contributed by atoms with Gasteiger partial charge in [0.05, 0.1) is 0 Å². The van der Waals surface area contributed by atoms with E-state index < -0.39 is 0 Å². The summed E-state index contributed by atoms with van der Waals surface area (Å²) in [5, 5.41) is 5.78. The van der Waals surface area contributed by atoms with Gasteiger partial charge in [-0.05, 0) is 61.9 Å². The van der Waals surface area contributed by atoms with Crippen LogP contribution in [0.4, 0.5) is 11.4 Å². The summed E-state index contributed by atoms with van der Waals surface area (Å²) in [5.74, 6) is 0.529. The highest BCUT2D eigenvalue weighted by Gasteiger charge is 2.21. The molecule has 3 aromatic rings. The summed E-state index contributed by atoms with van der Waals surface area (Å²) >= 11 is 1.60. The number of benzene rings is 2. The predicted molar refractivity (Wildman–Crippen MR) is 114 cm³/mol. The van der Waals surface area contributed by atoms with Crippen molar-refractivity contribution in [2.75, 3.05) is 23.4 Å². The van der Waals surface area contributed by atoms with Crippen LogP contribution in [0.25, 0.3) is 10.6 Å². The molecule has 0 bridgehead atoms. The molecule has 1 N–H and O–H groups in total. The van der Waals surface area contributed by atoms with Crippen LogP contribution in [-0.2, 0) is 9.59 Å². The topological polar surface area (TPSA) is 71.5 Å². The molecular weight excluding hydrogens is 386 g/mol. The lowest BCUT2D eigenvalue weighted by Gasteiger charge is -2.16. The molecule has 7 heteroatoms. The van der Waals surface area contributed by atoms with Crippen molar-refractivity contribution in [3.05, 3.63) is 59.6 Å². The minimum absolute atomic E-state index is 0.0813. The number of aromatic nitrogens is 1. The van der Waals surface area contributed by atoms with Gasteiger partial charge in [0.1, 0.15) is 10.8 Å². The standard InChI is InChI=1S/C22H21N3O3S/c1-15-14-29-22(23-15)16-4-10-19(11-5-16)28-13-20(26)24-17-6-8-18(9-7-17)25-12-2-3-21(25)27/h4-11,14H,2-3,12-13H2,1H3,(H,24,26). The lowest BCUT2D eigenvalue weighted by atomic mass is 10.2. The van der Waals surface area contributed by atoms with E-state index in [0.29, 0.717) is 17.9 Å². The Morgan fingerprint density at radius 2 is 1.93 bits per heavy atom. The number of ether oxygens (including phenoxy) is 1. The predicted octanol–water partition coefficient (Wildman–Crippen LogP) is 4.26. The normalized spacial score (nSPS) is 13.6. The fourth-order valence-electron chi connectivity index (χ4n) is 3.17. The average molecular weight is 407 g/mol. The lowest BCUT2D eigenvalue weighted by molar-refractivity contribution is -0.118. The Kier molecular flexibility index (Phi) is 5.57. The van der Waals surface area contributed by atoms with Gasteiger partial charge in [0.15, 0.2) is 6.61 Å². The van der Waals surface area contributed by atoms with E-state index in [4.69, 9.17) is 4.74 Å². The van der Waals surface area contributed by atoms with Gasteiger partial charge >= 0.3 is 0 Å². The first-order chi connectivity index (χ1) is 14.1. The molecule has 1 aliphatic heterocycles. The molecule has 2 amide bonds. The number of amides is 2. The number of hydrogen-bond acceptors (Lipinski definition) is 5. The highest BCUT2D eigenvalue weighted by atomic mass is 32.1. The molecule has 0 spiro atoms. The Bertz CT molecular complexity index is 1010. The summed E-state index contributed by atoms with van der Waals surface area (Å²) in [7, 11) is 0. The summed E-state index contributed by atoms with van der Waals surface area (Å²) < 4.78 is 5.57. The van der Waals surface area contributed by atoms with Crippen LogP contribution in [0.15, 0.2) is 53.9 Å². The Morgan fingerprint density at radius 1 is 1.17 bits per heavy atom. The number of rotatable bonds is 6. The molecule has 6 nitrogen and oxygen atoms in total. The maximum absolute atomic E-state index is 12.2. The van der Waals surface area contributed by atoms with E-state index >= 15 is 0 Å². The maximum atomic E-state index is 12.2. The largest absolute Gasteiger partial charge is 0.484 e. The zero-order valence-corrected chi connectivity index (χ0v) is 16.9. The van der Waals surface area contributed by atoms with Gasteiger partial charge in [-0.1, -0.05) is 0 Å². The van der Waals surface area contributed by atoms with Gasteiger partial charge in [-0.25, -0.2) is 4.98 Å². The third-order valence-electron chi connectivity index (χ3n) is 4.63. The first kappa shape index (κ1) is 19.1. The molecule has 1 fully saturated rings. The van der Waals surface area contributed by atoms with E-state index in [2.05, 4.69) is 10.3 Å². The van der Waals surface area contributed by atoms with E-state index in [1.165, 1.54) is 0 Å². The zero-order chi connectivity index (χ0) is 20.2. The molecule has 2 aromatic carbocycles. The van der Waals surface area contributed by atoms with Crippen LogP contribution < -0.4 is 15.0 Å². The van der Waals surface area contributed by atoms with Crippen molar-refractivity contribution in [1.29, 1.82) is 0 Å². The van der Waals surface area contributed by atoms with Crippen molar-refractivity contribution in [2.45, 2.75) is 19.8 Å². The van der Waals surface area contributed by atoms with Crippen LogP contribution in [0.1, 0.15) is 18.5 Å². The molecular formula is C22H21N3O3S. The van der Waals surface area contributed by atoms with Gasteiger partial charge in [0.25, 0.3) is 5.91 Å². The van der Waals surface area contributed by atoms with Crippen LogP contribution in [-0.4, -0.2) is 29.9 Å². The smallest absolute Gasteiger partial charge is 0.262 e. The highest BCUT2D eigenvalue weighted by molar-refractivity contribution is 7.13. The second-order valence-electron chi connectivity index (χ2n) is 6.85. The molecule has 1 aromatic heterocycles. The number of carbonyl (C=O) groups excluding carboxylic acids is 2. The van der Waals surface area contributed by atoms with Crippen molar-refractivity contribution in [3.8, 4) is 16.3 Å². The fraction of sp³-hybridized carbons (Fsp3) is 0.227. The summed E-state index contributed by atoms with van der Waals surface area (Å²) in [6, 6.07) is 14.8. The van der Waals surface area contributed by atoms with Crippen LogP contribution in [0, 0.1) is 6.92 Å². The van der Waals surface area contributed by atoms with Gasteiger partial charge < -0.3 is 15.0 Å². The number of nitrogens with one attached hydrogen (secondary N) is 1. The molecule has 0 aliphatic carbocycles. The van der Waals surface area contributed by atoms with E-state index in [1.807, 2.05) is 48.7 Å². The number of aryl methyl sites for hydroxylation is 1. The number of thiazole rings is 1. The van der Waals surface area contributed by atoms with E-state index in [0.717, 1.165) is 34.9 Å². The van der Waals surface area contributed by atoms with Crippen molar-refractivity contribution in [3.63, 3.8) is 0 Å². The summed E-state index contributed by atoms with van der Waals surface area (Å²) in [4.78, 5) is 30.2. The van der Waals surface area contributed by atoms with Crippen molar-refractivity contribution < 1.29 is 14.3 Å². The molecule has 4 rings (SSSR count). The van der Waals surface area contributed by atoms with Crippen molar-refractivity contribution >= 4 is 34.5 Å². The molecule has 2 heterocycles. The van der Waals surface area contributed by atoms with Crippen LogP contribution >= 0.6 is 11.3 Å². The molecule has 1 aliphatic rings. The van der Waals surface area contributed by atoms with E-state index in [1.54, 1.807) is 28.4 Å². The van der Waals surface area contributed by atoms with Crippen LogP contribution in [0.3, 0.4) is 0 Å². The molecule has 29 heavy (non-hydrogen) atoms. The fourth-order valence-corrected chi connectivity index (χ4v) is 3.98. The molecule has 0 radical (unpaired) electrons. The minimum atomic E-state index is -0.241. The summed E-state index contributed by atoms with van der Waals surface area (Å²) in [6.07, 6.45) is 1.49. The lowest BCUT2D eigenvalue weighted by Crippen LogP contribution is -2.23. The zero-order valence-electron chi connectivity index (χ0n) is 16.1. The van der Waals surface area contributed by atoms with Gasteiger partial charge in [0.2, 0.25) is 5.91 Å². The molecule has 1 saturated heterocycles. The van der Waals surface area contributed by atoms with Crippen molar-refractivity contribution in [2.24, 2.45) is 0 Å². The molecule has 148 valence electrons. The maximum Gasteiger partial charge on any atom is 0.262 e. The Balaban J connectivity index is 1.29. The number of anilines is 2. The Labute approximate surface area is 173 Å². The summed E-state index contributed by atoms with van der Waals surface area (Å²) in [6.45, 7) is 2.64. The Morgan fingerprint density at radius 3 is 2.55 bits per heavy atom. The quantitative estimate of drug-likeness (QED) is 0.663. The third-order valence-corrected chi connectivity index (χ3v) is 5.64. The second-order valence-corrected chi connectivity index (χ2v) is 7.71. The highest BCUT2D eigenvalue weighted by Crippen LogP contribution is 2.26. The molecule has 0 atom stereocenters. The van der Waals surface area contributed by atoms with Crippen LogP contribution in [0.5, 0.6) is 5.75 Å². The third kappa shape index (κ3) is 4.63. The number of carbonyl (C=O) groups is 2. The van der Waals surface area contributed by atoms with Gasteiger partial charge in [-0.15, -0.1) is 11.3 Å². The van der Waals surface area contributed by atoms with Crippen LogP contribution in [0.2, 0.25) is 0 Å². The molecule has 0 saturated carbocycles. The van der Waals surface area contributed by atoms with Crippen molar-refractivity contribution in [1.82, 2.24) is 4.98 Å². The van der Waals surface area contributed by atoms with Gasteiger partial charge in [-0.3, -0.25) is 9.59 Å². The number of nitrogens with zero attached hydrogens (tertiary/aromatic N) is 2. The van der Waals surface area contributed by atoms with Gasteiger partial charge in [0, 0.05) is 41.0 Å². The number of hydrogen-bond donors (Lipinski definition) is 1. The first-order valence-corrected chi connectivity index (χ1v) is 10.3. The SMILES string of the molecule is Cc1csc(-c2ccc(OCC(=O)Nc3ccc(N4CCCC4=O)cc3)cc2)n1. The van der Waals surface area contributed by atoms with Gasteiger partial charge in [-0.2, -0.15) is 0 Å². The molecule has 0 unspecified atom stereocenters. The second kappa shape index (κ2) is 8.45. The average Bonchev–Trinajstić information content (AvgIpc) is 3.36. The van der Waals surface area contributed by atoms with E-state index in [9.17, 15) is 9.59 Å². The Hall–Kier alpha value is -3.19. The van der Waals surface area contributed by atoms with E-state index in [-0.39, 0.29) is 18.4 Å².